The predicted octanol–water partition coefficient (Wildman–Crippen LogP) is 3.97. The van der Waals surface area contributed by atoms with Crippen LogP contribution in [0.25, 0.3) is 21.9 Å². The molecule has 0 saturated heterocycles. The number of benzene rings is 1. The summed E-state index contributed by atoms with van der Waals surface area (Å²) in [4.78, 5) is 11.8. The maximum atomic E-state index is 11.8. The van der Waals surface area contributed by atoms with Crippen molar-refractivity contribution in [1.82, 2.24) is 16.0 Å². The molecule has 0 atom stereocenters. The maximum absolute atomic E-state index is 11.8. The molecule has 2 heterocycles. The zero-order valence-electron chi connectivity index (χ0n) is 16.8. The quantitative estimate of drug-likeness (QED) is 0.294. The van der Waals surface area contributed by atoms with Gasteiger partial charge in [-0.1, -0.05) is 20.8 Å². The highest BCUT2D eigenvalue weighted by molar-refractivity contribution is 9.10. The van der Waals surface area contributed by atoms with Gasteiger partial charge in [0.2, 0.25) is 5.75 Å². The molecule has 160 valence electrons. The van der Waals surface area contributed by atoms with E-state index in [1.807, 2.05) is 6.07 Å². The van der Waals surface area contributed by atoms with Crippen molar-refractivity contribution >= 4 is 50.3 Å². The highest BCUT2D eigenvalue weighted by Gasteiger charge is 2.27. The zero-order chi connectivity index (χ0) is 20.1. The third-order valence-electron chi connectivity index (χ3n) is 4.54. The topological polar surface area (TPSA) is 88.7 Å². The van der Waals surface area contributed by atoms with E-state index in [4.69, 9.17) is 13.6 Å². The first-order chi connectivity index (χ1) is 13.5. The lowest BCUT2D eigenvalue weighted by atomic mass is 10.1. The van der Waals surface area contributed by atoms with Gasteiger partial charge in [0.15, 0.2) is 11.2 Å². The summed E-state index contributed by atoms with van der Waals surface area (Å²) < 4.78 is 18.0. The fourth-order valence-corrected chi connectivity index (χ4v) is 4.08. The largest absolute Gasteiger partial charge is 0.486 e. The van der Waals surface area contributed by atoms with Gasteiger partial charge < -0.3 is 13.6 Å². The van der Waals surface area contributed by atoms with E-state index in [0.717, 1.165) is 34.9 Å². The normalized spacial score (nSPS) is 11.7. The van der Waals surface area contributed by atoms with E-state index < -0.39 is 11.4 Å². The summed E-state index contributed by atoms with van der Waals surface area (Å²) in [6, 6.07) is 4.98. The number of ether oxygens (including phenoxy) is 1. The van der Waals surface area contributed by atoms with E-state index >= 15 is 0 Å². The minimum atomic E-state index is -0.438. The summed E-state index contributed by atoms with van der Waals surface area (Å²) in [6.45, 7) is 8.99. The van der Waals surface area contributed by atoms with Gasteiger partial charge in [-0.25, -0.2) is 4.79 Å². The highest BCUT2D eigenvalue weighted by atomic mass is 79.9. The van der Waals surface area contributed by atoms with Crippen molar-refractivity contribution in [1.29, 1.82) is 0 Å². The van der Waals surface area contributed by atoms with Crippen LogP contribution in [0.3, 0.4) is 0 Å². The van der Waals surface area contributed by atoms with E-state index in [2.05, 4.69) is 52.7 Å². The first kappa shape index (κ1) is 23.7. The molecule has 3 N–H and O–H groups in total. The molecule has 0 aliphatic carbocycles. The average molecular weight is 489 g/mol. The highest BCUT2D eigenvalue weighted by Crippen LogP contribution is 2.41. The third-order valence-corrected chi connectivity index (χ3v) is 5.40. The maximum Gasteiger partial charge on any atom is 0.336 e. The summed E-state index contributed by atoms with van der Waals surface area (Å²) >= 11 is 3.57. The lowest BCUT2D eigenvalue weighted by Crippen LogP contribution is -2.66. The molecule has 0 radical (unpaired) electrons. The second-order valence-corrected chi connectivity index (χ2v) is 7.19. The number of fused-ring (bicyclic) bond motifs is 2. The van der Waals surface area contributed by atoms with Gasteiger partial charge in [0.1, 0.15) is 5.79 Å². The van der Waals surface area contributed by atoms with Gasteiger partial charge >= 0.3 is 5.63 Å². The van der Waals surface area contributed by atoms with Crippen LogP contribution in [0.2, 0.25) is 0 Å². The molecule has 0 amide bonds. The number of furan rings is 1. The number of hydrogen-bond acceptors (Lipinski definition) is 7. The van der Waals surface area contributed by atoms with Crippen molar-refractivity contribution in [3.05, 3.63) is 39.4 Å². The Balaban J connectivity index is 0.00000300. The Morgan fingerprint density at radius 1 is 1.00 bits per heavy atom. The van der Waals surface area contributed by atoms with E-state index in [1.165, 1.54) is 6.07 Å². The molecule has 3 aromatic rings. The van der Waals surface area contributed by atoms with Crippen LogP contribution in [0.15, 0.2) is 42.6 Å². The lowest BCUT2D eigenvalue weighted by molar-refractivity contribution is 0.155. The van der Waals surface area contributed by atoms with E-state index in [1.54, 1.807) is 12.3 Å². The molecular formula is C20H27BrClN3O4. The van der Waals surface area contributed by atoms with Crippen LogP contribution >= 0.6 is 28.3 Å². The van der Waals surface area contributed by atoms with Crippen molar-refractivity contribution in [2.45, 2.75) is 33.0 Å². The molecule has 0 unspecified atom stereocenters. The Hall–Kier alpha value is -1.58. The minimum absolute atomic E-state index is 0. The van der Waals surface area contributed by atoms with Crippen LogP contribution in [-0.4, -0.2) is 32.0 Å². The van der Waals surface area contributed by atoms with Gasteiger partial charge in [0.05, 0.1) is 12.9 Å². The third kappa shape index (κ3) is 4.95. The summed E-state index contributed by atoms with van der Waals surface area (Å²) in [5, 5.41) is 12.0. The number of nitrogens with one attached hydrogen (secondary N) is 3. The van der Waals surface area contributed by atoms with Crippen molar-refractivity contribution in [3.8, 4) is 5.75 Å². The van der Waals surface area contributed by atoms with E-state index in [0.29, 0.717) is 29.9 Å². The second-order valence-electron chi connectivity index (χ2n) is 6.40. The van der Waals surface area contributed by atoms with Gasteiger partial charge in [-0.2, -0.15) is 0 Å². The molecule has 9 heteroatoms. The van der Waals surface area contributed by atoms with Crippen molar-refractivity contribution < 1.29 is 13.6 Å². The molecule has 3 rings (SSSR count). The predicted molar refractivity (Wildman–Crippen MR) is 121 cm³/mol. The van der Waals surface area contributed by atoms with Crippen LogP contribution in [-0.2, 0) is 0 Å². The molecule has 0 spiro atoms. The van der Waals surface area contributed by atoms with Crippen molar-refractivity contribution in [2.75, 3.05) is 26.2 Å². The number of hydrogen-bond donors (Lipinski definition) is 3. The van der Waals surface area contributed by atoms with Crippen molar-refractivity contribution in [3.63, 3.8) is 0 Å². The minimum Gasteiger partial charge on any atom is -0.486 e. The van der Waals surface area contributed by atoms with Gasteiger partial charge in [-0.15, -0.1) is 12.4 Å². The monoisotopic (exact) mass is 487 g/mol. The molecule has 7 nitrogen and oxygen atoms in total. The fourth-order valence-electron chi connectivity index (χ4n) is 3.46. The first-order valence-corrected chi connectivity index (χ1v) is 10.3. The smallest absolute Gasteiger partial charge is 0.336 e. The Bertz CT molecular complexity index is 987. The van der Waals surface area contributed by atoms with Gasteiger partial charge in [-0.05, 0) is 47.7 Å². The SMILES string of the molecule is CCNC(CCOc1c2occc2c(Br)c2ccc(=O)oc12)(NCC)NCC.Cl. The van der Waals surface area contributed by atoms with Crippen molar-refractivity contribution in [2.24, 2.45) is 0 Å². The Kier molecular flexibility index (Phi) is 8.54. The molecular weight excluding hydrogens is 462 g/mol. The molecule has 0 fully saturated rings. The molecule has 0 aliphatic heterocycles. The zero-order valence-corrected chi connectivity index (χ0v) is 19.2. The Labute approximate surface area is 184 Å². The number of rotatable bonds is 10. The summed E-state index contributed by atoms with van der Waals surface area (Å²) in [7, 11) is 0. The average Bonchev–Trinajstić information content (AvgIpc) is 3.15. The summed E-state index contributed by atoms with van der Waals surface area (Å²) in [5.41, 5.74) is 0.495. The van der Waals surface area contributed by atoms with Crippen LogP contribution in [0, 0.1) is 0 Å². The standard InChI is InChI=1S/C20H26BrN3O4.ClH/c1-4-22-20(23-5-2,24-6-3)10-12-27-19-17-14(9-11-26-17)16(21)13-7-8-15(25)28-18(13)19;/h7-9,11,22-24H,4-6,10,12H2,1-3H3;1H. The fraction of sp³-hybridized carbons (Fsp3) is 0.450. The molecule has 0 saturated carbocycles. The van der Waals surface area contributed by atoms with E-state index in [9.17, 15) is 4.79 Å². The van der Waals surface area contributed by atoms with Crippen LogP contribution < -0.4 is 26.3 Å². The van der Waals surface area contributed by atoms with Crippen LogP contribution in [0.4, 0.5) is 0 Å². The summed E-state index contributed by atoms with van der Waals surface area (Å²) in [5.74, 6) is 0.00120. The van der Waals surface area contributed by atoms with Crippen LogP contribution in [0.5, 0.6) is 5.75 Å². The molecule has 2 aromatic heterocycles. The van der Waals surface area contributed by atoms with Gasteiger partial charge in [-0.3, -0.25) is 16.0 Å². The second kappa shape index (κ2) is 10.4. The first-order valence-electron chi connectivity index (χ1n) is 9.55. The molecule has 1 aromatic carbocycles. The molecule has 0 bridgehead atoms. The lowest BCUT2D eigenvalue weighted by Gasteiger charge is -2.36. The summed E-state index contributed by atoms with van der Waals surface area (Å²) in [6.07, 6.45) is 2.25. The van der Waals surface area contributed by atoms with Gasteiger partial charge in [0.25, 0.3) is 0 Å². The molecule has 0 aliphatic rings. The molecule has 29 heavy (non-hydrogen) atoms. The Morgan fingerprint density at radius 3 is 2.24 bits per heavy atom. The Morgan fingerprint density at radius 2 is 1.62 bits per heavy atom. The van der Waals surface area contributed by atoms with E-state index in [-0.39, 0.29) is 12.4 Å². The number of halogens is 2. The van der Waals surface area contributed by atoms with Gasteiger partial charge in [0, 0.05) is 27.7 Å². The van der Waals surface area contributed by atoms with Crippen LogP contribution in [0.1, 0.15) is 27.2 Å².